The lowest BCUT2D eigenvalue weighted by Gasteiger charge is -2.55. The molecule has 0 atom stereocenters. The zero-order chi connectivity index (χ0) is 15.9. The van der Waals surface area contributed by atoms with Crippen molar-refractivity contribution in [2.75, 3.05) is 0 Å². The molecule has 4 saturated carbocycles. The highest BCUT2D eigenvalue weighted by atomic mass is 16.6. The number of carbonyl (C=O) groups excluding carboxylic acids is 1. The zero-order valence-electron chi connectivity index (χ0n) is 13.3. The Morgan fingerprint density at radius 1 is 1.13 bits per heavy atom. The maximum absolute atomic E-state index is 12.7. The summed E-state index contributed by atoms with van der Waals surface area (Å²) in [7, 11) is 0. The Kier molecular flexibility index (Phi) is 3.61. The second-order valence-corrected chi connectivity index (χ2v) is 7.73. The van der Waals surface area contributed by atoms with Gasteiger partial charge in [0.15, 0.2) is 0 Å². The van der Waals surface area contributed by atoms with Gasteiger partial charge in [-0.1, -0.05) is 12.1 Å². The first-order chi connectivity index (χ1) is 11.2. The third-order valence-corrected chi connectivity index (χ3v) is 6.01. The van der Waals surface area contributed by atoms with Crippen LogP contribution >= 0.6 is 0 Å². The van der Waals surface area contributed by atoms with Crippen molar-refractivity contribution in [1.82, 2.24) is 5.48 Å². The molecule has 1 aromatic carbocycles. The number of hydrogen-bond acceptors (Lipinski definition) is 3. The number of benzene rings is 1. The van der Waals surface area contributed by atoms with E-state index in [0.29, 0.717) is 12.2 Å². The number of nitrogens with zero attached hydrogens (tertiary/aromatic N) is 1. The van der Waals surface area contributed by atoms with Gasteiger partial charge in [-0.2, -0.15) is 5.26 Å². The summed E-state index contributed by atoms with van der Waals surface area (Å²) in [6, 6.07) is 9.33. The quantitative estimate of drug-likeness (QED) is 0.868. The minimum Gasteiger partial charge on any atom is -0.272 e. The molecule has 0 saturated heterocycles. The fourth-order valence-corrected chi connectivity index (χ4v) is 5.36. The predicted molar refractivity (Wildman–Crippen MR) is 84.7 cm³/mol. The van der Waals surface area contributed by atoms with Gasteiger partial charge in [0.1, 0.15) is 0 Å². The van der Waals surface area contributed by atoms with Crippen molar-refractivity contribution < 1.29 is 9.63 Å². The van der Waals surface area contributed by atoms with Gasteiger partial charge < -0.3 is 0 Å². The van der Waals surface area contributed by atoms with Crippen LogP contribution in [0.3, 0.4) is 0 Å². The third kappa shape index (κ3) is 2.74. The van der Waals surface area contributed by atoms with Gasteiger partial charge in [0, 0.05) is 0 Å². The maximum Gasteiger partial charge on any atom is 0.249 e. The number of nitrogens with one attached hydrogen (secondary N) is 1. The van der Waals surface area contributed by atoms with E-state index in [1.807, 2.05) is 12.1 Å². The van der Waals surface area contributed by atoms with E-state index >= 15 is 0 Å². The van der Waals surface area contributed by atoms with Gasteiger partial charge in [-0.15, -0.1) is 0 Å². The Morgan fingerprint density at radius 2 is 1.70 bits per heavy atom. The van der Waals surface area contributed by atoms with Crippen LogP contribution in [0.15, 0.2) is 24.3 Å². The van der Waals surface area contributed by atoms with Gasteiger partial charge in [0.05, 0.1) is 23.7 Å². The summed E-state index contributed by atoms with van der Waals surface area (Å²) in [5, 5.41) is 8.79. The molecule has 23 heavy (non-hydrogen) atoms. The summed E-state index contributed by atoms with van der Waals surface area (Å²) in [4.78, 5) is 18.2. The smallest absolute Gasteiger partial charge is 0.249 e. The molecule has 4 aliphatic carbocycles. The van der Waals surface area contributed by atoms with Gasteiger partial charge in [-0.3, -0.25) is 9.63 Å². The lowest BCUT2D eigenvalue weighted by Crippen LogP contribution is -2.53. The first kappa shape index (κ1) is 14.7. The SMILES string of the molecule is N#Cc1ccc(CONC(=O)C23CC4CC(CC(C4)C2)C3)cc1. The minimum absolute atomic E-state index is 0.0882. The van der Waals surface area contributed by atoms with Crippen molar-refractivity contribution in [2.45, 2.75) is 45.1 Å². The maximum atomic E-state index is 12.7. The molecule has 0 radical (unpaired) electrons. The van der Waals surface area contributed by atoms with Crippen molar-refractivity contribution in [2.24, 2.45) is 23.2 Å². The Hall–Kier alpha value is -1.86. The molecular weight excluding hydrogens is 288 g/mol. The van der Waals surface area contributed by atoms with E-state index in [9.17, 15) is 4.79 Å². The van der Waals surface area contributed by atoms with Crippen LogP contribution in [0.2, 0.25) is 0 Å². The molecule has 4 fully saturated rings. The van der Waals surface area contributed by atoms with Crippen LogP contribution in [0.1, 0.15) is 49.7 Å². The highest BCUT2D eigenvalue weighted by Gasteiger charge is 2.54. The van der Waals surface area contributed by atoms with E-state index in [1.54, 1.807) is 12.1 Å². The van der Waals surface area contributed by atoms with Crippen LogP contribution in [0, 0.1) is 34.5 Å². The van der Waals surface area contributed by atoms with Crippen LogP contribution in [0.25, 0.3) is 0 Å². The molecule has 1 aromatic rings. The average Bonchev–Trinajstić information content (AvgIpc) is 2.54. The molecule has 4 nitrogen and oxygen atoms in total. The predicted octanol–water partition coefficient (Wildman–Crippen LogP) is 3.32. The molecule has 5 rings (SSSR count). The molecule has 0 spiro atoms. The lowest BCUT2D eigenvalue weighted by atomic mass is 9.49. The summed E-state index contributed by atoms with van der Waals surface area (Å²) in [5.74, 6) is 2.35. The van der Waals surface area contributed by atoms with Gasteiger partial charge in [-0.05, 0) is 74.0 Å². The normalized spacial score (nSPS) is 34.1. The second-order valence-electron chi connectivity index (χ2n) is 7.73. The molecule has 120 valence electrons. The fourth-order valence-electron chi connectivity index (χ4n) is 5.36. The number of hydroxylamine groups is 1. The van der Waals surface area contributed by atoms with E-state index in [1.165, 1.54) is 19.3 Å². The Balaban J connectivity index is 1.34. The Bertz CT molecular complexity index is 609. The highest BCUT2D eigenvalue weighted by molar-refractivity contribution is 5.82. The van der Waals surface area contributed by atoms with Crippen molar-refractivity contribution in [3.63, 3.8) is 0 Å². The number of nitriles is 1. The number of carbonyl (C=O) groups is 1. The minimum atomic E-state index is -0.167. The molecule has 0 aliphatic heterocycles. The number of rotatable bonds is 4. The van der Waals surface area contributed by atoms with Crippen LogP contribution in [0.4, 0.5) is 0 Å². The number of amides is 1. The molecule has 1 amide bonds. The second kappa shape index (κ2) is 5.65. The summed E-state index contributed by atoms with van der Waals surface area (Å²) in [5.41, 5.74) is 4.13. The van der Waals surface area contributed by atoms with Crippen molar-refractivity contribution in [3.8, 4) is 6.07 Å². The Morgan fingerprint density at radius 3 is 2.22 bits per heavy atom. The van der Waals surface area contributed by atoms with Crippen LogP contribution in [-0.4, -0.2) is 5.91 Å². The zero-order valence-corrected chi connectivity index (χ0v) is 13.3. The highest BCUT2D eigenvalue weighted by Crippen LogP contribution is 2.60. The molecule has 0 heterocycles. The van der Waals surface area contributed by atoms with Crippen molar-refractivity contribution in [3.05, 3.63) is 35.4 Å². The van der Waals surface area contributed by atoms with E-state index in [0.717, 1.165) is 42.6 Å². The Labute approximate surface area is 136 Å². The summed E-state index contributed by atoms with van der Waals surface area (Å²) >= 11 is 0. The summed E-state index contributed by atoms with van der Waals surface area (Å²) in [6.07, 6.45) is 7.14. The first-order valence-corrected chi connectivity index (χ1v) is 8.58. The van der Waals surface area contributed by atoms with Gasteiger partial charge >= 0.3 is 0 Å². The van der Waals surface area contributed by atoms with E-state index < -0.39 is 0 Å². The third-order valence-electron chi connectivity index (χ3n) is 6.01. The van der Waals surface area contributed by atoms with Crippen LogP contribution in [0.5, 0.6) is 0 Å². The molecule has 0 aromatic heterocycles. The van der Waals surface area contributed by atoms with Gasteiger partial charge in [-0.25, -0.2) is 5.48 Å². The molecule has 4 aliphatic rings. The van der Waals surface area contributed by atoms with Crippen molar-refractivity contribution in [1.29, 1.82) is 5.26 Å². The topological polar surface area (TPSA) is 62.1 Å². The molecule has 4 bridgehead atoms. The first-order valence-electron chi connectivity index (χ1n) is 8.58. The van der Waals surface area contributed by atoms with Gasteiger partial charge in [0.25, 0.3) is 0 Å². The molecular formula is C19H22N2O2. The fraction of sp³-hybridized carbons (Fsp3) is 0.579. The summed E-state index contributed by atoms with van der Waals surface area (Å²) < 4.78 is 0. The van der Waals surface area contributed by atoms with Crippen LogP contribution < -0.4 is 5.48 Å². The summed E-state index contributed by atoms with van der Waals surface area (Å²) in [6.45, 7) is 0.337. The average molecular weight is 310 g/mol. The molecule has 1 N–H and O–H groups in total. The largest absolute Gasteiger partial charge is 0.272 e. The molecule has 4 heteroatoms. The van der Waals surface area contributed by atoms with Crippen LogP contribution in [-0.2, 0) is 16.2 Å². The van der Waals surface area contributed by atoms with E-state index in [4.69, 9.17) is 10.1 Å². The monoisotopic (exact) mass is 310 g/mol. The number of hydrogen-bond donors (Lipinski definition) is 1. The molecule has 0 unspecified atom stereocenters. The van der Waals surface area contributed by atoms with E-state index in [-0.39, 0.29) is 11.3 Å². The van der Waals surface area contributed by atoms with E-state index in [2.05, 4.69) is 11.5 Å². The lowest BCUT2D eigenvalue weighted by molar-refractivity contribution is -0.160. The van der Waals surface area contributed by atoms with Gasteiger partial charge in [0.2, 0.25) is 5.91 Å². The van der Waals surface area contributed by atoms with Crippen molar-refractivity contribution >= 4 is 5.91 Å². The standard InChI is InChI=1S/C19H22N2O2/c20-11-13-1-3-14(4-2-13)12-23-21-18(22)19-8-15-5-16(9-19)7-17(6-15)10-19/h1-4,15-17H,5-10,12H2,(H,21,22).